The van der Waals surface area contributed by atoms with Gasteiger partial charge >= 0.3 is 0 Å². The fraction of sp³-hybridized carbons (Fsp3) is 0.214. The Morgan fingerprint density at radius 2 is 1.94 bits per heavy atom. The molecule has 0 bridgehead atoms. The Bertz CT molecular complexity index is 506. The van der Waals surface area contributed by atoms with Gasteiger partial charge in [-0.05, 0) is 42.7 Å². The lowest BCUT2D eigenvalue weighted by atomic mass is 10.1. The van der Waals surface area contributed by atoms with Gasteiger partial charge in [-0.15, -0.1) is 11.8 Å². The molecule has 0 aliphatic carbocycles. The Labute approximate surface area is 106 Å². The lowest BCUT2D eigenvalue weighted by molar-refractivity contribution is 1.13. The average molecular weight is 244 g/mol. The molecule has 2 rings (SSSR count). The minimum Gasteiger partial charge on any atom is -0.397 e. The second-order valence-corrected chi connectivity index (χ2v) is 5.13. The van der Waals surface area contributed by atoms with E-state index in [2.05, 4.69) is 37.0 Å². The van der Waals surface area contributed by atoms with E-state index in [1.807, 2.05) is 12.1 Å². The summed E-state index contributed by atoms with van der Waals surface area (Å²) in [5.41, 5.74) is 10.3. The van der Waals surface area contributed by atoms with Gasteiger partial charge in [0.05, 0.1) is 16.9 Å². The van der Waals surface area contributed by atoms with Crippen molar-refractivity contribution in [2.75, 3.05) is 5.73 Å². The third-order valence-corrected chi connectivity index (χ3v) is 3.73. The summed E-state index contributed by atoms with van der Waals surface area (Å²) in [7, 11) is 0. The zero-order valence-corrected chi connectivity index (χ0v) is 10.9. The number of hydrogen-bond donors (Lipinski definition) is 1. The minimum atomic E-state index is 0.709. The van der Waals surface area contributed by atoms with Gasteiger partial charge in [-0.25, -0.2) is 4.98 Å². The fourth-order valence-corrected chi connectivity index (χ4v) is 2.31. The van der Waals surface area contributed by atoms with Gasteiger partial charge in [0.2, 0.25) is 0 Å². The predicted octanol–water partition coefficient (Wildman–Crippen LogP) is 3.57. The molecule has 17 heavy (non-hydrogen) atoms. The molecular formula is C14H16N2S. The summed E-state index contributed by atoms with van der Waals surface area (Å²) in [6.07, 6.45) is 1.70. The highest BCUT2D eigenvalue weighted by molar-refractivity contribution is 7.98. The number of pyridine rings is 1. The number of nitrogen functional groups attached to an aromatic ring is 1. The van der Waals surface area contributed by atoms with Crippen LogP contribution in [0.5, 0.6) is 0 Å². The SMILES string of the molecule is Cc1ccc(CSc2ccc(N)cn2)cc1C. The molecule has 0 aliphatic heterocycles. The van der Waals surface area contributed by atoms with Crippen LogP contribution in [-0.4, -0.2) is 4.98 Å². The van der Waals surface area contributed by atoms with Crippen molar-refractivity contribution in [1.82, 2.24) is 4.98 Å². The van der Waals surface area contributed by atoms with Gasteiger partial charge < -0.3 is 5.73 Å². The molecule has 0 spiro atoms. The van der Waals surface area contributed by atoms with Crippen LogP contribution in [0.4, 0.5) is 5.69 Å². The van der Waals surface area contributed by atoms with Gasteiger partial charge in [0, 0.05) is 5.75 Å². The summed E-state index contributed by atoms with van der Waals surface area (Å²) in [5.74, 6) is 0.942. The Hall–Kier alpha value is -1.48. The first-order valence-corrected chi connectivity index (χ1v) is 6.54. The highest BCUT2D eigenvalue weighted by atomic mass is 32.2. The third kappa shape index (κ3) is 3.24. The van der Waals surface area contributed by atoms with Crippen molar-refractivity contribution < 1.29 is 0 Å². The number of benzene rings is 1. The number of nitrogens with two attached hydrogens (primary N) is 1. The maximum atomic E-state index is 5.60. The number of aromatic nitrogens is 1. The van der Waals surface area contributed by atoms with Gasteiger partial charge in [-0.1, -0.05) is 18.2 Å². The molecule has 0 fully saturated rings. The predicted molar refractivity (Wildman–Crippen MR) is 74.1 cm³/mol. The largest absolute Gasteiger partial charge is 0.397 e. The average Bonchev–Trinajstić information content (AvgIpc) is 2.33. The van der Waals surface area contributed by atoms with Crippen LogP contribution in [0.25, 0.3) is 0 Å². The van der Waals surface area contributed by atoms with Crippen LogP contribution in [0.15, 0.2) is 41.6 Å². The third-order valence-electron chi connectivity index (χ3n) is 2.72. The van der Waals surface area contributed by atoms with Crippen LogP contribution in [0, 0.1) is 13.8 Å². The summed E-state index contributed by atoms with van der Waals surface area (Å²) in [6, 6.07) is 10.4. The summed E-state index contributed by atoms with van der Waals surface area (Å²) in [4.78, 5) is 4.27. The lowest BCUT2D eigenvalue weighted by Crippen LogP contribution is -1.88. The van der Waals surface area contributed by atoms with Gasteiger partial charge in [-0.2, -0.15) is 0 Å². The smallest absolute Gasteiger partial charge is 0.0964 e. The van der Waals surface area contributed by atoms with Crippen molar-refractivity contribution in [1.29, 1.82) is 0 Å². The number of nitrogens with zero attached hydrogens (tertiary/aromatic N) is 1. The molecule has 2 N–H and O–H groups in total. The molecule has 1 heterocycles. The molecule has 0 radical (unpaired) electrons. The molecule has 0 aliphatic rings. The molecule has 0 unspecified atom stereocenters. The molecule has 0 amide bonds. The topological polar surface area (TPSA) is 38.9 Å². The monoisotopic (exact) mass is 244 g/mol. The molecule has 2 aromatic rings. The van der Waals surface area contributed by atoms with Crippen LogP contribution in [0.1, 0.15) is 16.7 Å². The minimum absolute atomic E-state index is 0.709. The van der Waals surface area contributed by atoms with E-state index in [4.69, 9.17) is 5.73 Å². The van der Waals surface area contributed by atoms with Crippen molar-refractivity contribution >= 4 is 17.4 Å². The van der Waals surface area contributed by atoms with Crippen LogP contribution < -0.4 is 5.73 Å². The van der Waals surface area contributed by atoms with Crippen LogP contribution in [0.3, 0.4) is 0 Å². The van der Waals surface area contributed by atoms with E-state index in [0.717, 1.165) is 10.8 Å². The van der Waals surface area contributed by atoms with Crippen LogP contribution in [-0.2, 0) is 5.75 Å². The normalized spacial score (nSPS) is 10.5. The standard InChI is InChI=1S/C14H16N2S/c1-10-3-4-12(7-11(10)2)9-17-14-6-5-13(15)8-16-14/h3-8H,9,15H2,1-2H3. The summed E-state index contributed by atoms with van der Waals surface area (Å²) < 4.78 is 0. The first kappa shape index (κ1) is 12.0. The van der Waals surface area contributed by atoms with E-state index in [9.17, 15) is 0 Å². The van der Waals surface area contributed by atoms with Crippen molar-refractivity contribution in [2.45, 2.75) is 24.6 Å². The maximum absolute atomic E-state index is 5.60. The summed E-state index contributed by atoms with van der Waals surface area (Å²) >= 11 is 1.73. The zero-order valence-electron chi connectivity index (χ0n) is 10.1. The molecule has 0 atom stereocenters. The highest BCUT2D eigenvalue weighted by Crippen LogP contribution is 2.22. The fourth-order valence-electron chi connectivity index (χ4n) is 1.53. The van der Waals surface area contributed by atoms with E-state index in [1.165, 1.54) is 16.7 Å². The van der Waals surface area contributed by atoms with Gasteiger partial charge in [0.1, 0.15) is 0 Å². The highest BCUT2D eigenvalue weighted by Gasteiger charge is 1.99. The quantitative estimate of drug-likeness (QED) is 0.839. The number of rotatable bonds is 3. The lowest BCUT2D eigenvalue weighted by Gasteiger charge is -2.05. The molecule has 0 saturated carbocycles. The second-order valence-electron chi connectivity index (χ2n) is 4.14. The molecule has 2 nitrogen and oxygen atoms in total. The van der Waals surface area contributed by atoms with Crippen molar-refractivity contribution in [3.05, 3.63) is 53.2 Å². The Morgan fingerprint density at radius 3 is 2.59 bits per heavy atom. The molecular weight excluding hydrogens is 228 g/mol. The van der Waals surface area contributed by atoms with E-state index in [0.29, 0.717) is 5.69 Å². The summed E-state index contributed by atoms with van der Waals surface area (Å²) in [5, 5.41) is 1.01. The number of anilines is 1. The summed E-state index contributed by atoms with van der Waals surface area (Å²) in [6.45, 7) is 4.28. The molecule has 1 aromatic carbocycles. The first-order valence-electron chi connectivity index (χ1n) is 5.55. The maximum Gasteiger partial charge on any atom is 0.0964 e. The van der Waals surface area contributed by atoms with Crippen molar-refractivity contribution in [2.24, 2.45) is 0 Å². The number of aryl methyl sites for hydroxylation is 2. The molecule has 88 valence electrons. The zero-order chi connectivity index (χ0) is 12.3. The van der Waals surface area contributed by atoms with E-state index >= 15 is 0 Å². The molecule has 1 aromatic heterocycles. The van der Waals surface area contributed by atoms with Crippen molar-refractivity contribution in [3.63, 3.8) is 0 Å². The number of thioether (sulfide) groups is 1. The second kappa shape index (κ2) is 5.23. The van der Waals surface area contributed by atoms with E-state index < -0.39 is 0 Å². The molecule has 3 heteroatoms. The van der Waals surface area contributed by atoms with Gasteiger partial charge in [0.25, 0.3) is 0 Å². The van der Waals surface area contributed by atoms with Gasteiger partial charge in [0.15, 0.2) is 0 Å². The Balaban J connectivity index is 2.02. The molecule has 0 saturated heterocycles. The Morgan fingerprint density at radius 1 is 1.12 bits per heavy atom. The van der Waals surface area contributed by atoms with E-state index in [1.54, 1.807) is 18.0 Å². The Kier molecular flexibility index (Phi) is 3.69. The number of hydrogen-bond acceptors (Lipinski definition) is 3. The van der Waals surface area contributed by atoms with E-state index in [-0.39, 0.29) is 0 Å². The van der Waals surface area contributed by atoms with Crippen molar-refractivity contribution in [3.8, 4) is 0 Å². The first-order chi connectivity index (χ1) is 8.15. The van der Waals surface area contributed by atoms with Crippen LogP contribution >= 0.6 is 11.8 Å². The van der Waals surface area contributed by atoms with Crippen LogP contribution in [0.2, 0.25) is 0 Å². The van der Waals surface area contributed by atoms with Gasteiger partial charge in [-0.3, -0.25) is 0 Å².